The molecule has 108 valence electrons. The van der Waals surface area contributed by atoms with Crippen molar-refractivity contribution in [1.29, 1.82) is 0 Å². The molecule has 0 spiro atoms. The average molecular weight is 255 g/mol. The van der Waals surface area contributed by atoms with Crippen LogP contribution in [0.15, 0.2) is 0 Å². The minimum Gasteiger partial charge on any atom is -0.316 e. The number of likely N-dealkylation sites (tertiary alicyclic amines) is 1. The predicted octanol–water partition coefficient (Wildman–Crippen LogP) is 2.04. The number of piperidine rings is 1. The van der Waals surface area contributed by atoms with E-state index < -0.39 is 0 Å². The van der Waals surface area contributed by atoms with Crippen LogP contribution in [-0.4, -0.2) is 62.7 Å². The third-order valence-electron chi connectivity index (χ3n) is 4.27. The topological polar surface area (TPSA) is 18.5 Å². The van der Waals surface area contributed by atoms with E-state index in [9.17, 15) is 0 Å². The van der Waals surface area contributed by atoms with Crippen molar-refractivity contribution in [2.45, 2.75) is 45.6 Å². The average Bonchev–Trinajstić information content (AvgIpc) is 2.35. The summed E-state index contributed by atoms with van der Waals surface area (Å²) in [5.74, 6) is 0.916. The summed E-state index contributed by atoms with van der Waals surface area (Å²) in [5, 5.41) is 3.64. The number of nitrogens with one attached hydrogen (secondary N) is 1. The van der Waals surface area contributed by atoms with Gasteiger partial charge in [-0.1, -0.05) is 0 Å². The molecule has 0 aromatic rings. The second kappa shape index (κ2) is 8.89. The van der Waals surface area contributed by atoms with Crippen LogP contribution in [0.1, 0.15) is 39.5 Å². The van der Waals surface area contributed by atoms with Crippen LogP contribution in [0.2, 0.25) is 0 Å². The molecule has 0 saturated carbocycles. The Morgan fingerprint density at radius 2 is 1.89 bits per heavy atom. The number of hydrogen-bond donors (Lipinski definition) is 1. The van der Waals surface area contributed by atoms with Gasteiger partial charge >= 0.3 is 0 Å². The van der Waals surface area contributed by atoms with Gasteiger partial charge in [-0.25, -0.2) is 0 Å². The summed E-state index contributed by atoms with van der Waals surface area (Å²) in [6, 6.07) is 0.678. The standard InChI is InChI=1S/C15H33N3/c1-14(2)18(4)10-6-5-9-16-13-15-7-11-17(3)12-8-15/h14-16H,5-13H2,1-4H3. The number of nitrogens with zero attached hydrogens (tertiary/aromatic N) is 2. The summed E-state index contributed by atoms with van der Waals surface area (Å²) in [4.78, 5) is 4.87. The molecule has 1 N–H and O–H groups in total. The van der Waals surface area contributed by atoms with Crippen molar-refractivity contribution < 1.29 is 0 Å². The zero-order valence-electron chi connectivity index (χ0n) is 12.9. The maximum atomic E-state index is 3.64. The summed E-state index contributed by atoms with van der Waals surface area (Å²) in [5.41, 5.74) is 0. The summed E-state index contributed by atoms with van der Waals surface area (Å²) in [6.07, 6.45) is 5.37. The van der Waals surface area contributed by atoms with Gasteiger partial charge in [0.05, 0.1) is 0 Å². The van der Waals surface area contributed by atoms with Crippen molar-refractivity contribution in [1.82, 2.24) is 15.1 Å². The van der Waals surface area contributed by atoms with Crippen molar-refractivity contribution in [2.24, 2.45) is 5.92 Å². The van der Waals surface area contributed by atoms with E-state index in [2.05, 4.69) is 43.1 Å². The third-order valence-corrected chi connectivity index (χ3v) is 4.27. The molecule has 0 aromatic carbocycles. The first kappa shape index (κ1) is 15.9. The number of hydrogen-bond acceptors (Lipinski definition) is 3. The highest BCUT2D eigenvalue weighted by atomic mass is 15.1. The zero-order chi connectivity index (χ0) is 13.4. The minimum atomic E-state index is 0.678. The monoisotopic (exact) mass is 255 g/mol. The normalized spacial score (nSPS) is 19.0. The van der Waals surface area contributed by atoms with Gasteiger partial charge in [0.15, 0.2) is 0 Å². The summed E-state index contributed by atoms with van der Waals surface area (Å²) < 4.78 is 0. The van der Waals surface area contributed by atoms with Crippen LogP contribution in [0.3, 0.4) is 0 Å². The van der Waals surface area contributed by atoms with Gasteiger partial charge in [-0.2, -0.15) is 0 Å². The maximum Gasteiger partial charge on any atom is 0.00355 e. The van der Waals surface area contributed by atoms with E-state index in [0.29, 0.717) is 6.04 Å². The highest BCUT2D eigenvalue weighted by molar-refractivity contribution is 4.71. The molecule has 3 heteroatoms. The SMILES string of the molecule is CC(C)N(C)CCCCNCC1CCN(C)CC1. The van der Waals surface area contributed by atoms with Crippen molar-refractivity contribution >= 4 is 0 Å². The van der Waals surface area contributed by atoms with E-state index in [1.807, 2.05) is 0 Å². The summed E-state index contributed by atoms with van der Waals surface area (Å²) >= 11 is 0. The third kappa shape index (κ3) is 6.72. The maximum absolute atomic E-state index is 3.64. The number of rotatable bonds is 8. The lowest BCUT2D eigenvalue weighted by Gasteiger charge is -2.29. The van der Waals surface area contributed by atoms with Gasteiger partial charge in [-0.3, -0.25) is 0 Å². The van der Waals surface area contributed by atoms with Crippen LogP contribution >= 0.6 is 0 Å². The highest BCUT2D eigenvalue weighted by Crippen LogP contribution is 2.14. The van der Waals surface area contributed by atoms with E-state index in [4.69, 9.17) is 0 Å². The van der Waals surface area contributed by atoms with E-state index in [-0.39, 0.29) is 0 Å². The van der Waals surface area contributed by atoms with Gasteiger partial charge in [-0.05, 0) is 92.3 Å². The van der Waals surface area contributed by atoms with Gasteiger partial charge in [0, 0.05) is 6.04 Å². The molecule has 0 unspecified atom stereocenters. The minimum absolute atomic E-state index is 0.678. The largest absolute Gasteiger partial charge is 0.316 e. The zero-order valence-corrected chi connectivity index (χ0v) is 12.9. The molecule has 18 heavy (non-hydrogen) atoms. The lowest BCUT2D eigenvalue weighted by atomic mass is 9.97. The molecule has 0 bridgehead atoms. The molecule has 0 aliphatic carbocycles. The Morgan fingerprint density at radius 3 is 2.50 bits per heavy atom. The van der Waals surface area contributed by atoms with E-state index >= 15 is 0 Å². The molecule has 1 rings (SSSR count). The first-order valence-electron chi connectivity index (χ1n) is 7.69. The summed E-state index contributed by atoms with van der Waals surface area (Å²) in [7, 11) is 4.45. The fraction of sp³-hybridized carbons (Fsp3) is 1.00. The fourth-order valence-corrected chi connectivity index (χ4v) is 2.44. The van der Waals surface area contributed by atoms with Crippen LogP contribution in [-0.2, 0) is 0 Å². The van der Waals surface area contributed by atoms with E-state index in [1.54, 1.807) is 0 Å². The van der Waals surface area contributed by atoms with Crippen molar-refractivity contribution in [3.05, 3.63) is 0 Å². The Morgan fingerprint density at radius 1 is 1.22 bits per heavy atom. The van der Waals surface area contributed by atoms with Gasteiger partial charge in [0.1, 0.15) is 0 Å². The Hall–Kier alpha value is -0.120. The van der Waals surface area contributed by atoms with Crippen LogP contribution in [0, 0.1) is 5.92 Å². The fourth-order valence-electron chi connectivity index (χ4n) is 2.44. The molecule has 1 saturated heterocycles. The molecule has 1 aliphatic heterocycles. The van der Waals surface area contributed by atoms with Gasteiger partial charge in [0.2, 0.25) is 0 Å². The molecular weight excluding hydrogens is 222 g/mol. The second-order valence-corrected chi connectivity index (χ2v) is 6.23. The van der Waals surface area contributed by atoms with Gasteiger partial charge in [0.25, 0.3) is 0 Å². The molecule has 0 radical (unpaired) electrons. The van der Waals surface area contributed by atoms with Crippen LogP contribution < -0.4 is 5.32 Å². The lowest BCUT2D eigenvalue weighted by Crippen LogP contribution is -2.35. The molecule has 0 amide bonds. The second-order valence-electron chi connectivity index (χ2n) is 6.23. The van der Waals surface area contributed by atoms with Gasteiger partial charge < -0.3 is 15.1 Å². The molecular formula is C15H33N3. The highest BCUT2D eigenvalue weighted by Gasteiger charge is 2.15. The molecule has 1 heterocycles. The van der Waals surface area contributed by atoms with Crippen molar-refractivity contribution in [3.63, 3.8) is 0 Å². The van der Waals surface area contributed by atoms with E-state index in [1.165, 1.54) is 58.4 Å². The molecule has 1 aliphatic rings. The quantitative estimate of drug-likeness (QED) is 0.670. The summed E-state index contributed by atoms with van der Waals surface area (Å²) in [6.45, 7) is 10.7. The Kier molecular flexibility index (Phi) is 7.87. The number of unbranched alkanes of at least 4 members (excludes halogenated alkanes) is 1. The molecule has 0 atom stereocenters. The molecule has 3 nitrogen and oxygen atoms in total. The van der Waals surface area contributed by atoms with Crippen LogP contribution in [0.4, 0.5) is 0 Å². The van der Waals surface area contributed by atoms with Crippen LogP contribution in [0.25, 0.3) is 0 Å². The predicted molar refractivity (Wildman–Crippen MR) is 80.1 cm³/mol. The lowest BCUT2D eigenvalue weighted by molar-refractivity contribution is 0.215. The Balaban J connectivity index is 1.90. The molecule has 1 fully saturated rings. The Bertz CT molecular complexity index is 198. The molecule has 0 aromatic heterocycles. The first-order valence-corrected chi connectivity index (χ1v) is 7.69. The van der Waals surface area contributed by atoms with Crippen LogP contribution in [0.5, 0.6) is 0 Å². The Labute approximate surface area is 114 Å². The van der Waals surface area contributed by atoms with E-state index in [0.717, 1.165) is 5.92 Å². The van der Waals surface area contributed by atoms with Crippen molar-refractivity contribution in [3.8, 4) is 0 Å². The van der Waals surface area contributed by atoms with Crippen molar-refractivity contribution in [2.75, 3.05) is 46.8 Å². The smallest absolute Gasteiger partial charge is 0.00355 e. The first-order chi connectivity index (χ1) is 8.59. The van der Waals surface area contributed by atoms with Gasteiger partial charge in [-0.15, -0.1) is 0 Å².